The summed E-state index contributed by atoms with van der Waals surface area (Å²) in [5.74, 6) is 1.30. The summed E-state index contributed by atoms with van der Waals surface area (Å²) >= 11 is 3.44. The van der Waals surface area contributed by atoms with Crippen LogP contribution >= 0.6 is 15.9 Å². The quantitative estimate of drug-likeness (QED) is 0.174. The van der Waals surface area contributed by atoms with E-state index in [1.54, 1.807) is 70.7 Å². The Morgan fingerprint density at radius 2 is 1.14 bits per heavy atom. The molecule has 272 valence electrons. The Hall–Kier alpha value is -7.14. The van der Waals surface area contributed by atoms with Crippen LogP contribution in [0.4, 0.5) is 0 Å². The number of nitrogens with one attached hydrogen (secondary N) is 2. The largest absolute Gasteiger partial charge is 0.488 e. The molecule has 0 radical (unpaired) electrons. The third-order valence-electron chi connectivity index (χ3n) is 8.61. The fourth-order valence-corrected chi connectivity index (χ4v) is 6.47. The van der Waals surface area contributed by atoms with Gasteiger partial charge in [0.25, 0.3) is 0 Å². The fraction of sp³-hybridized carbons (Fsp3) is 0. The van der Waals surface area contributed by atoms with Gasteiger partial charge in [0.1, 0.15) is 11.3 Å². The number of nitrogens with zero attached hydrogens (tertiary/aromatic N) is 8. The highest BCUT2D eigenvalue weighted by molar-refractivity contribution is 9.10. The molecule has 0 unspecified atom stereocenters. The number of benzene rings is 2. The molecule has 0 aliphatic heterocycles. The summed E-state index contributed by atoms with van der Waals surface area (Å²) in [6, 6.07) is 33.0. The lowest BCUT2D eigenvalue weighted by Crippen LogP contribution is -2.29. The summed E-state index contributed by atoms with van der Waals surface area (Å²) in [5, 5.41) is 30.0. The second-order valence-corrected chi connectivity index (χ2v) is 13.2. The lowest BCUT2D eigenvalue weighted by Gasteiger charge is -2.11. The van der Waals surface area contributed by atoms with Crippen molar-refractivity contribution in [2.45, 2.75) is 0 Å². The number of pyridine rings is 6. The highest BCUT2D eigenvalue weighted by atomic mass is 79.9. The van der Waals surface area contributed by atoms with Crippen LogP contribution in [0.15, 0.2) is 160 Å². The van der Waals surface area contributed by atoms with Crippen molar-refractivity contribution in [1.29, 1.82) is 0 Å². The van der Waals surface area contributed by atoms with Crippen molar-refractivity contribution >= 4 is 72.4 Å². The summed E-state index contributed by atoms with van der Waals surface area (Å²) in [4.78, 5) is 45.9. The molecule has 10 aromatic rings. The van der Waals surface area contributed by atoms with Gasteiger partial charge in [0.05, 0.1) is 15.5 Å². The van der Waals surface area contributed by atoms with Crippen LogP contribution in [0.25, 0.3) is 66.6 Å². The first-order chi connectivity index (χ1) is 27.3. The van der Waals surface area contributed by atoms with Gasteiger partial charge < -0.3 is 20.0 Å². The summed E-state index contributed by atoms with van der Waals surface area (Å²) in [6.07, 6.45) is 10.5. The molecule has 0 atom stereocenters. The van der Waals surface area contributed by atoms with Gasteiger partial charge in [-0.1, -0.05) is 30.3 Å². The molecular weight excluding hydrogens is 775 g/mol. The van der Waals surface area contributed by atoms with Crippen molar-refractivity contribution in [2.24, 2.45) is 0 Å². The van der Waals surface area contributed by atoms with E-state index in [2.05, 4.69) is 62.1 Å². The zero-order valence-corrected chi connectivity index (χ0v) is 30.7. The molecule has 0 aliphatic carbocycles. The number of hydrogen-bond donors (Lipinski definition) is 4. The van der Waals surface area contributed by atoms with Gasteiger partial charge >= 0.3 is 7.12 Å². The summed E-state index contributed by atoms with van der Waals surface area (Å²) in [6.45, 7) is 0. The second-order valence-electron chi connectivity index (χ2n) is 12.3. The monoisotopic (exact) mass is 802 g/mol. The average Bonchev–Trinajstić information content (AvgIpc) is 3.97. The number of hydrogen-bond acceptors (Lipinski definition) is 10. The third kappa shape index (κ3) is 7.74. The van der Waals surface area contributed by atoms with E-state index in [-0.39, 0.29) is 11.1 Å². The molecule has 0 bridgehead atoms. The maximum Gasteiger partial charge on any atom is 0.488 e. The molecule has 16 heteroatoms. The Morgan fingerprint density at radius 1 is 0.571 bits per heavy atom. The molecule has 0 saturated heterocycles. The maximum atomic E-state index is 11.7. The summed E-state index contributed by atoms with van der Waals surface area (Å²) in [7, 11) is -1.41. The number of aromatic nitrogens is 10. The van der Waals surface area contributed by atoms with Crippen molar-refractivity contribution in [2.75, 3.05) is 0 Å². The van der Waals surface area contributed by atoms with Crippen molar-refractivity contribution in [3.8, 4) is 22.8 Å². The number of halogens is 1. The molecule has 0 amide bonds. The molecule has 14 nitrogen and oxygen atoms in total. The van der Waals surface area contributed by atoms with Crippen LogP contribution in [-0.4, -0.2) is 66.6 Å². The molecule has 4 N–H and O–H groups in total. The molecule has 10 rings (SSSR count). The average molecular weight is 803 g/mol. The number of aromatic amines is 2. The zero-order chi connectivity index (χ0) is 38.6. The molecule has 0 spiro atoms. The predicted octanol–water partition coefficient (Wildman–Crippen LogP) is 5.11. The standard InChI is InChI=1S/C20H13N5O.C11H7BrN4O.C9H8BNO2/c26-18-7-5-15-12-16(13-4-6-17-14(11-13)3-1-8-21-17)20(24-19(15)23-18)25-10-2-9-22-25;12-8-6-7-2-3-9(17)14-10(7)15-11(8)16-5-1-4-13-16;12-10(13)8-3-4-9-7(6-8)2-1-5-11-9/h1-12H,(H,23,24,26);1-6H,(H,14,15,17);1-6,12-13H. The van der Waals surface area contributed by atoms with Gasteiger partial charge in [-0.2, -0.15) is 10.2 Å². The molecular formula is C40H28BBrN10O4. The number of fused-ring (bicyclic) bond motifs is 4. The molecule has 8 aromatic heterocycles. The van der Waals surface area contributed by atoms with Gasteiger partial charge in [0, 0.05) is 71.0 Å². The minimum absolute atomic E-state index is 0.168. The Kier molecular flexibility index (Phi) is 10.0. The second kappa shape index (κ2) is 15.7. The van der Waals surface area contributed by atoms with Crippen LogP contribution in [0.5, 0.6) is 0 Å². The van der Waals surface area contributed by atoms with E-state index in [1.807, 2.05) is 66.9 Å². The summed E-state index contributed by atoms with van der Waals surface area (Å²) in [5.41, 5.74) is 4.96. The van der Waals surface area contributed by atoms with Crippen molar-refractivity contribution in [3.63, 3.8) is 0 Å². The van der Waals surface area contributed by atoms with Crippen LogP contribution in [-0.2, 0) is 0 Å². The van der Waals surface area contributed by atoms with Crippen molar-refractivity contribution in [3.05, 3.63) is 172 Å². The van der Waals surface area contributed by atoms with Gasteiger partial charge in [-0.05, 0) is 99.1 Å². The van der Waals surface area contributed by atoms with Crippen LogP contribution in [0, 0.1) is 0 Å². The molecule has 0 fully saturated rings. The Bertz CT molecular complexity index is 3100. The van der Waals surface area contributed by atoms with E-state index in [0.717, 1.165) is 48.2 Å². The van der Waals surface area contributed by atoms with Crippen LogP contribution in [0.1, 0.15) is 0 Å². The normalized spacial score (nSPS) is 10.9. The number of rotatable bonds is 4. The van der Waals surface area contributed by atoms with Gasteiger partial charge in [-0.25, -0.2) is 19.3 Å². The first-order valence-electron chi connectivity index (χ1n) is 17.1. The SMILES string of the molecule is O=c1ccc2cc(-c3ccc4ncccc4c3)c(-n3cccn3)nc2[nH]1.O=c1ccc2cc(Br)c(-n3cccn3)nc2[nH]1.OB(O)c1ccc2ncccc2c1. The Morgan fingerprint density at radius 3 is 1.75 bits per heavy atom. The number of H-pyrrole nitrogens is 2. The minimum atomic E-state index is -1.41. The van der Waals surface area contributed by atoms with Gasteiger partial charge in [-0.15, -0.1) is 0 Å². The maximum absolute atomic E-state index is 11.7. The van der Waals surface area contributed by atoms with E-state index in [0.29, 0.717) is 28.4 Å². The third-order valence-corrected chi connectivity index (χ3v) is 9.20. The van der Waals surface area contributed by atoms with Crippen LogP contribution in [0.2, 0.25) is 0 Å². The zero-order valence-electron chi connectivity index (χ0n) is 29.1. The van der Waals surface area contributed by atoms with E-state index in [1.165, 1.54) is 12.1 Å². The molecule has 0 saturated carbocycles. The molecule has 56 heavy (non-hydrogen) atoms. The topological polar surface area (TPSA) is 193 Å². The highest BCUT2D eigenvalue weighted by Crippen LogP contribution is 2.30. The van der Waals surface area contributed by atoms with E-state index < -0.39 is 7.12 Å². The van der Waals surface area contributed by atoms with Crippen LogP contribution < -0.4 is 16.6 Å². The Balaban J connectivity index is 0.000000127. The minimum Gasteiger partial charge on any atom is -0.423 e. The van der Waals surface area contributed by atoms with Crippen molar-refractivity contribution < 1.29 is 10.0 Å². The summed E-state index contributed by atoms with van der Waals surface area (Å²) < 4.78 is 4.16. The first-order valence-corrected chi connectivity index (χ1v) is 17.9. The molecule has 8 heterocycles. The van der Waals surface area contributed by atoms with Gasteiger partial charge in [-0.3, -0.25) is 19.6 Å². The smallest absolute Gasteiger partial charge is 0.423 e. The van der Waals surface area contributed by atoms with E-state index >= 15 is 0 Å². The first kappa shape index (κ1) is 35.9. The van der Waals surface area contributed by atoms with Crippen LogP contribution in [0.3, 0.4) is 0 Å². The highest BCUT2D eigenvalue weighted by Gasteiger charge is 2.14. The Labute approximate surface area is 325 Å². The van der Waals surface area contributed by atoms with Crippen molar-refractivity contribution in [1.82, 2.24) is 49.5 Å². The van der Waals surface area contributed by atoms with Gasteiger partial charge in [0.15, 0.2) is 11.6 Å². The molecule has 2 aromatic carbocycles. The molecule has 0 aliphatic rings. The van der Waals surface area contributed by atoms with E-state index in [4.69, 9.17) is 10.0 Å². The fourth-order valence-electron chi connectivity index (χ4n) is 5.95. The van der Waals surface area contributed by atoms with Gasteiger partial charge in [0.2, 0.25) is 11.1 Å². The lowest BCUT2D eigenvalue weighted by atomic mass is 9.80. The lowest BCUT2D eigenvalue weighted by molar-refractivity contribution is 0.426. The predicted molar refractivity (Wildman–Crippen MR) is 219 cm³/mol. The van der Waals surface area contributed by atoms with E-state index in [9.17, 15) is 9.59 Å².